The fourth-order valence-electron chi connectivity index (χ4n) is 4.60. The first kappa shape index (κ1) is 19.0. The van der Waals surface area contributed by atoms with Crippen LogP contribution in [0.1, 0.15) is 40.7 Å². The third kappa shape index (κ3) is 4.07. The predicted octanol–water partition coefficient (Wildman–Crippen LogP) is 3.81. The maximum Gasteiger partial charge on any atom is 0.253 e. The largest absolute Gasteiger partial charge is 0.374 e. The molecule has 0 radical (unpaired) electrons. The molecule has 0 spiro atoms. The Bertz CT molecular complexity index is 820. The molecule has 2 aromatic rings. The summed E-state index contributed by atoms with van der Waals surface area (Å²) in [7, 11) is 4.32. The van der Waals surface area contributed by atoms with Crippen LogP contribution in [0.4, 0.5) is 5.69 Å². The van der Waals surface area contributed by atoms with Crippen molar-refractivity contribution in [2.75, 3.05) is 38.6 Å². The van der Waals surface area contributed by atoms with Gasteiger partial charge in [0.1, 0.15) is 0 Å². The number of anilines is 1. The molecule has 1 atom stereocenters. The number of hydrogen-bond donors (Lipinski definition) is 0. The van der Waals surface area contributed by atoms with Crippen LogP contribution in [-0.2, 0) is 13.0 Å². The number of likely N-dealkylation sites (N-methyl/N-ethyl adjacent to an activating group) is 1. The summed E-state index contributed by atoms with van der Waals surface area (Å²) < 4.78 is 0. The van der Waals surface area contributed by atoms with Crippen molar-refractivity contribution in [2.45, 2.75) is 38.3 Å². The van der Waals surface area contributed by atoms with E-state index in [1.54, 1.807) is 0 Å². The lowest BCUT2D eigenvalue weighted by Gasteiger charge is -2.38. The van der Waals surface area contributed by atoms with Gasteiger partial charge in [-0.1, -0.05) is 30.3 Å². The summed E-state index contributed by atoms with van der Waals surface area (Å²) in [6.45, 7) is 3.71. The van der Waals surface area contributed by atoms with Gasteiger partial charge in [0.15, 0.2) is 0 Å². The molecule has 1 saturated heterocycles. The van der Waals surface area contributed by atoms with Crippen molar-refractivity contribution in [1.29, 1.82) is 0 Å². The van der Waals surface area contributed by atoms with Crippen LogP contribution < -0.4 is 4.90 Å². The molecule has 0 unspecified atom stereocenters. The number of aryl methyl sites for hydroxylation is 1. The number of amides is 1. The lowest BCUT2D eigenvalue weighted by atomic mass is 9.98. The lowest BCUT2D eigenvalue weighted by molar-refractivity contribution is 0.0602. The number of carbonyl (C=O) groups excluding carboxylic acids is 1. The van der Waals surface area contributed by atoms with Crippen LogP contribution >= 0.6 is 0 Å². The fraction of sp³-hybridized carbons (Fsp3) is 0.458. The second kappa shape index (κ2) is 8.36. The van der Waals surface area contributed by atoms with Crippen molar-refractivity contribution in [3.8, 4) is 0 Å². The molecule has 4 heteroatoms. The Morgan fingerprint density at radius 3 is 2.75 bits per heavy atom. The van der Waals surface area contributed by atoms with Gasteiger partial charge in [-0.05, 0) is 62.1 Å². The zero-order chi connectivity index (χ0) is 19.5. The SMILES string of the molecule is CN1CCCc2cc(C(=O)N3CCC[C@H](N(C)Cc4ccccc4)C3)ccc21. The maximum atomic E-state index is 13.2. The number of carbonyl (C=O) groups is 1. The molecular weight excluding hydrogens is 346 g/mol. The van der Waals surface area contributed by atoms with Gasteiger partial charge in [-0.2, -0.15) is 0 Å². The third-order valence-electron chi connectivity index (χ3n) is 6.26. The summed E-state index contributed by atoms with van der Waals surface area (Å²) in [6.07, 6.45) is 4.46. The predicted molar refractivity (Wildman–Crippen MR) is 115 cm³/mol. The second-order valence-electron chi connectivity index (χ2n) is 8.32. The van der Waals surface area contributed by atoms with E-state index in [2.05, 4.69) is 71.3 Å². The van der Waals surface area contributed by atoms with Crippen molar-refractivity contribution >= 4 is 11.6 Å². The molecule has 0 N–H and O–H groups in total. The zero-order valence-corrected chi connectivity index (χ0v) is 17.1. The Hall–Kier alpha value is -2.33. The third-order valence-corrected chi connectivity index (χ3v) is 6.26. The van der Waals surface area contributed by atoms with Crippen LogP contribution in [-0.4, -0.2) is 55.5 Å². The van der Waals surface area contributed by atoms with E-state index < -0.39 is 0 Å². The van der Waals surface area contributed by atoms with Gasteiger partial charge in [0.05, 0.1) is 0 Å². The van der Waals surface area contributed by atoms with E-state index in [1.807, 2.05) is 6.07 Å². The number of likely N-dealkylation sites (tertiary alicyclic amines) is 1. The van der Waals surface area contributed by atoms with Gasteiger partial charge < -0.3 is 9.80 Å². The molecule has 2 aliphatic heterocycles. The van der Waals surface area contributed by atoms with E-state index in [0.29, 0.717) is 6.04 Å². The average Bonchev–Trinajstić information content (AvgIpc) is 2.74. The monoisotopic (exact) mass is 377 g/mol. The molecule has 0 aliphatic carbocycles. The van der Waals surface area contributed by atoms with Crippen molar-refractivity contribution < 1.29 is 4.79 Å². The zero-order valence-electron chi connectivity index (χ0n) is 17.1. The van der Waals surface area contributed by atoms with E-state index in [0.717, 1.165) is 57.4 Å². The van der Waals surface area contributed by atoms with Crippen LogP contribution in [0, 0.1) is 0 Å². The van der Waals surface area contributed by atoms with Crippen LogP contribution in [0.2, 0.25) is 0 Å². The highest BCUT2D eigenvalue weighted by molar-refractivity contribution is 5.95. The number of piperidine rings is 1. The Balaban J connectivity index is 1.43. The number of nitrogens with zero attached hydrogens (tertiary/aromatic N) is 3. The standard InChI is InChI=1S/C24H31N3O/c1-25-14-6-10-20-16-21(12-13-23(20)25)24(28)27-15-7-11-22(18-27)26(2)17-19-8-4-3-5-9-19/h3-5,8-9,12-13,16,22H,6-7,10-11,14-15,17-18H2,1-2H3/t22-/m0/s1. The normalized spacial score (nSPS) is 19.6. The quantitative estimate of drug-likeness (QED) is 0.811. The summed E-state index contributed by atoms with van der Waals surface area (Å²) in [4.78, 5) is 19.9. The molecule has 2 aromatic carbocycles. The fourth-order valence-corrected chi connectivity index (χ4v) is 4.60. The smallest absolute Gasteiger partial charge is 0.253 e. The molecule has 4 rings (SSSR count). The molecule has 4 nitrogen and oxygen atoms in total. The maximum absolute atomic E-state index is 13.2. The Labute approximate surface area is 168 Å². The van der Waals surface area contributed by atoms with E-state index in [1.165, 1.54) is 16.8 Å². The van der Waals surface area contributed by atoms with Crippen LogP contribution in [0.25, 0.3) is 0 Å². The summed E-state index contributed by atoms with van der Waals surface area (Å²) in [5, 5.41) is 0. The van der Waals surface area contributed by atoms with Crippen LogP contribution in [0.5, 0.6) is 0 Å². The summed E-state index contributed by atoms with van der Waals surface area (Å²) in [5.74, 6) is 0.189. The molecular formula is C24H31N3O. The first-order chi connectivity index (χ1) is 13.6. The second-order valence-corrected chi connectivity index (χ2v) is 8.32. The minimum absolute atomic E-state index is 0.189. The van der Waals surface area contributed by atoms with Gasteiger partial charge in [0, 0.05) is 50.5 Å². The molecule has 1 fully saturated rings. The van der Waals surface area contributed by atoms with Gasteiger partial charge in [0.2, 0.25) is 0 Å². The van der Waals surface area contributed by atoms with Crippen LogP contribution in [0.15, 0.2) is 48.5 Å². The van der Waals surface area contributed by atoms with Crippen molar-refractivity contribution in [3.63, 3.8) is 0 Å². The first-order valence-corrected chi connectivity index (χ1v) is 10.5. The highest BCUT2D eigenvalue weighted by Crippen LogP contribution is 2.28. The summed E-state index contributed by atoms with van der Waals surface area (Å²) in [5.41, 5.74) is 4.77. The topological polar surface area (TPSA) is 26.8 Å². The van der Waals surface area contributed by atoms with Crippen molar-refractivity contribution in [1.82, 2.24) is 9.80 Å². The molecule has 0 bridgehead atoms. The molecule has 0 aromatic heterocycles. The Kier molecular flexibility index (Phi) is 5.67. The molecule has 2 heterocycles. The average molecular weight is 378 g/mol. The van der Waals surface area contributed by atoms with E-state index in [4.69, 9.17) is 0 Å². The molecule has 148 valence electrons. The number of benzene rings is 2. The van der Waals surface area contributed by atoms with Crippen molar-refractivity contribution in [2.24, 2.45) is 0 Å². The van der Waals surface area contributed by atoms with E-state index in [-0.39, 0.29) is 5.91 Å². The van der Waals surface area contributed by atoms with Gasteiger partial charge in [0.25, 0.3) is 5.91 Å². The summed E-state index contributed by atoms with van der Waals surface area (Å²) in [6, 6.07) is 17.3. The van der Waals surface area contributed by atoms with Gasteiger partial charge in [-0.15, -0.1) is 0 Å². The van der Waals surface area contributed by atoms with Gasteiger partial charge >= 0.3 is 0 Å². The highest BCUT2D eigenvalue weighted by atomic mass is 16.2. The first-order valence-electron chi connectivity index (χ1n) is 10.5. The number of hydrogen-bond acceptors (Lipinski definition) is 3. The van der Waals surface area contributed by atoms with Gasteiger partial charge in [-0.25, -0.2) is 0 Å². The van der Waals surface area contributed by atoms with Gasteiger partial charge in [-0.3, -0.25) is 9.69 Å². The molecule has 0 saturated carbocycles. The Morgan fingerprint density at radius 1 is 1.11 bits per heavy atom. The molecule has 2 aliphatic rings. The number of rotatable bonds is 4. The summed E-state index contributed by atoms with van der Waals surface area (Å²) >= 11 is 0. The number of fused-ring (bicyclic) bond motifs is 1. The van der Waals surface area contributed by atoms with E-state index in [9.17, 15) is 4.79 Å². The van der Waals surface area contributed by atoms with Crippen molar-refractivity contribution in [3.05, 3.63) is 65.2 Å². The molecule has 28 heavy (non-hydrogen) atoms. The minimum Gasteiger partial charge on any atom is -0.374 e. The minimum atomic E-state index is 0.189. The highest BCUT2D eigenvalue weighted by Gasteiger charge is 2.27. The molecule has 1 amide bonds. The Morgan fingerprint density at radius 2 is 1.93 bits per heavy atom. The van der Waals surface area contributed by atoms with E-state index >= 15 is 0 Å². The lowest BCUT2D eigenvalue weighted by Crippen LogP contribution is -2.48. The van der Waals surface area contributed by atoms with Crippen LogP contribution in [0.3, 0.4) is 0 Å².